The van der Waals surface area contributed by atoms with Gasteiger partial charge >= 0.3 is 5.69 Å². The average molecular weight is 375 g/mol. The molecule has 2 N–H and O–H groups in total. The number of benzene rings is 1. The number of carbonyl (C=O) groups is 1. The number of anilines is 1. The number of aliphatic hydroxyl groups is 1. The van der Waals surface area contributed by atoms with Crippen LogP contribution in [0.3, 0.4) is 0 Å². The van der Waals surface area contributed by atoms with E-state index in [1.54, 1.807) is 12.1 Å². The quantitative estimate of drug-likeness (QED) is 0.828. The highest BCUT2D eigenvalue weighted by Gasteiger charge is 2.37. The lowest BCUT2D eigenvalue weighted by Crippen LogP contribution is -2.31. The zero-order valence-corrected chi connectivity index (χ0v) is 14.3. The largest absolute Gasteiger partial charge is 0.493 e. The highest BCUT2D eigenvalue weighted by Crippen LogP contribution is 2.30. The summed E-state index contributed by atoms with van der Waals surface area (Å²) >= 11 is 0. The van der Waals surface area contributed by atoms with Crippen LogP contribution in [0.1, 0.15) is 28.6 Å². The number of hydrogen-bond acceptors (Lipinski definition) is 6. The van der Waals surface area contributed by atoms with E-state index in [4.69, 9.17) is 14.6 Å². The number of aliphatic hydroxyl groups excluding tert-OH is 1. The maximum Gasteiger partial charge on any atom is 0.351 e. The third kappa shape index (κ3) is 3.43. The Morgan fingerprint density at radius 3 is 3.00 bits per heavy atom. The number of nitrogens with zero attached hydrogens (tertiary/aromatic N) is 2. The number of hydrogen-bond donors (Lipinski definition) is 2. The number of fused-ring (bicyclic) bond motifs is 1. The fraction of sp³-hybridized carbons (Fsp3) is 0.389. The van der Waals surface area contributed by atoms with Gasteiger partial charge in [0.15, 0.2) is 6.23 Å². The van der Waals surface area contributed by atoms with Crippen molar-refractivity contribution in [3.63, 3.8) is 0 Å². The molecule has 3 atom stereocenters. The highest BCUT2D eigenvalue weighted by atomic mass is 19.1. The molecule has 2 aromatic rings. The second kappa shape index (κ2) is 7.09. The van der Waals surface area contributed by atoms with Crippen molar-refractivity contribution in [1.82, 2.24) is 9.55 Å². The van der Waals surface area contributed by atoms with E-state index in [1.165, 1.54) is 12.3 Å². The van der Waals surface area contributed by atoms with Gasteiger partial charge in [-0.25, -0.2) is 9.18 Å². The van der Waals surface area contributed by atoms with E-state index in [2.05, 4.69) is 10.3 Å². The van der Waals surface area contributed by atoms with Crippen molar-refractivity contribution in [3.05, 3.63) is 52.1 Å². The van der Waals surface area contributed by atoms with E-state index in [0.29, 0.717) is 17.9 Å². The Bertz CT molecular complexity index is 931. The molecule has 1 aromatic carbocycles. The first-order valence-electron chi connectivity index (χ1n) is 8.62. The lowest BCUT2D eigenvalue weighted by Gasteiger charge is -2.16. The molecule has 0 spiro atoms. The van der Waals surface area contributed by atoms with Crippen LogP contribution in [0, 0.1) is 0 Å². The molecule has 0 bridgehead atoms. The molecular formula is C18H18FN3O5. The number of alkyl halides is 1. The minimum Gasteiger partial charge on any atom is -0.493 e. The molecule has 1 amide bonds. The normalized spacial score (nSPS) is 23.7. The Balaban J connectivity index is 1.50. The van der Waals surface area contributed by atoms with Crippen molar-refractivity contribution in [2.75, 3.05) is 18.5 Å². The molecule has 8 nitrogen and oxygen atoms in total. The van der Waals surface area contributed by atoms with Crippen molar-refractivity contribution < 1.29 is 23.8 Å². The molecule has 142 valence electrons. The smallest absolute Gasteiger partial charge is 0.351 e. The molecule has 1 fully saturated rings. The zero-order chi connectivity index (χ0) is 19.0. The van der Waals surface area contributed by atoms with Gasteiger partial charge in [0.05, 0.1) is 19.3 Å². The maximum absolute atomic E-state index is 14.0. The van der Waals surface area contributed by atoms with E-state index in [9.17, 15) is 14.0 Å². The summed E-state index contributed by atoms with van der Waals surface area (Å²) in [7, 11) is 0. The van der Waals surface area contributed by atoms with E-state index < -0.39 is 30.1 Å². The predicted octanol–water partition coefficient (Wildman–Crippen LogP) is 1.05. The van der Waals surface area contributed by atoms with Crippen LogP contribution in [0.25, 0.3) is 0 Å². The first-order valence-corrected chi connectivity index (χ1v) is 8.62. The fourth-order valence-electron chi connectivity index (χ4n) is 3.24. The van der Waals surface area contributed by atoms with Gasteiger partial charge in [0.25, 0.3) is 5.91 Å². The Hall–Kier alpha value is -2.78. The summed E-state index contributed by atoms with van der Waals surface area (Å²) in [6.45, 7) is 0.272. The Morgan fingerprint density at radius 1 is 1.41 bits per heavy atom. The van der Waals surface area contributed by atoms with Crippen molar-refractivity contribution in [2.24, 2.45) is 0 Å². The van der Waals surface area contributed by atoms with Gasteiger partial charge in [0.1, 0.15) is 17.7 Å². The summed E-state index contributed by atoms with van der Waals surface area (Å²) < 4.78 is 25.8. The van der Waals surface area contributed by atoms with Crippen molar-refractivity contribution >= 4 is 11.7 Å². The van der Waals surface area contributed by atoms with Gasteiger partial charge in [-0.05, 0) is 23.8 Å². The van der Waals surface area contributed by atoms with Crippen LogP contribution in [0.15, 0.2) is 35.3 Å². The van der Waals surface area contributed by atoms with Gasteiger partial charge in [-0.15, -0.1) is 0 Å². The molecule has 9 heteroatoms. The third-order valence-corrected chi connectivity index (χ3v) is 4.64. The third-order valence-electron chi connectivity index (χ3n) is 4.64. The molecule has 0 radical (unpaired) electrons. The number of amides is 1. The topological polar surface area (TPSA) is 103 Å². The molecule has 3 unspecified atom stereocenters. The highest BCUT2D eigenvalue weighted by molar-refractivity contribution is 6.04. The predicted molar refractivity (Wildman–Crippen MR) is 92.6 cm³/mol. The van der Waals surface area contributed by atoms with E-state index in [0.717, 1.165) is 16.6 Å². The number of ether oxygens (including phenoxy) is 2. The van der Waals surface area contributed by atoms with E-state index >= 15 is 0 Å². The molecule has 2 aliphatic heterocycles. The lowest BCUT2D eigenvalue weighted by atomic mass is 10.1. The summed E-state index contributed by atoms with van der Waals surface area (Å²) in [4.78, 5) is 28.4. The molecule has 1 saturated heterocycles. The van der Waals surface area contributed by atoms with Gasteiger partial charge in [-0.2, -0.15) is 4.98 Å². The summed E-state index contributed by atoms with van der Waals surface area (Å²) in [5.41, 5.74) is 0.678. The Labute approximate surface area is 153 Å². The lowest BCUT2D eigenvalue weighted by molar-refractivity contribution is -0.0393. The zero-order valence-electron chi connectivity index (χ0n) is 14.3. The first-order chi connectivity index (χ1) is 13.0. The molecule has 3 heterocycles. The Kier molecular flexibility index (Phi) is 4.63. The van der Waals surface area contributed by atoms with Crippen LogP contribution in [-0.2, 0) is 11.2 Å². The molecule has 0 saturated carbocycles. The number of aromatic nitrogens is 2. The molecule has 1 aromatic heterocycles. The summed E-state index contributed by atoms with van der Waals surface area (Å²) in [5, 5.41) is 11.6. The first kappa shape index (κ1) is 17.6. The monoisotopic (exact) mass is 375 g/mol. The van der Waals surface area contributed by atoms with Crippen LogP contribution >= 0.6 is 0 Å². The standard InChI is InChI=1S/C18H18FN3O5/c19-13-8-12(9-23)27-17(13)22-5-3-15(21-18(22)25)20-16(24)11-2-1-10-4-6-26-14(10)7-11/h1-3,5,7,12-13,17,23H,4,6,8-9H2,(H,20,21,24,25). The molecular weight excluding hydrogens is 357 g/mol. The second-order valence-corrected chi connectivity index (χ2v) is 6.46. The van der Waals surface area contributed by atoms with Gasteiger partial charge in [0, 0.05) is 24.6 Å². The Morgan fingerprint density at radius 2 is 2.26 bits per heavy atom. The SMILES string of the molecule is O=C(Nc1ccn(C2OC(CO)CC2F)c(=O)n1)c1ccc2c(c1)OCC2. The summed E-state index contributed by atoms with van der Waals surface area (Å²) in [6, 6.07) is 6.55. The number of carbonyl (C=O) groups excluding carboxylic acids is 1. The van der Waals surface area contributed by atoms with Crippen molar-refractivity contribution in [2.45, 2.75) is 31.3 Å². The average Bonchev–Trinajstić information content (AvgIpc) is 3.27. The molecule has 27 heavy (non-hydrogen) atoms. The molecule has 0 aliphatic carbocycles. The van der Waals surface area contributed by atoms with E-state index in [-0.39, 0.29) is 18.8 Å². The number of halogens is 1. The van der Waals surface area contributed by atoms with Crippen LogP contribution in [0.5, 0.6) is 5.75 Å². The minimum absolute atomic E-state index is 0.00644. The van der Waals surface area contributed by atoms with Crippen LogP contribution in [0.4, 0.5) is 10.2 Å². The van der Waals surface area contributed by atoms with Gasteiger partial charge in [-0.1, -0.05) is 6.07 Å². The van der Waals surface area contributed by atoms with E-state index in [1.807, 2.05) is 6.07 Å². The number of rotatable bonds is 4. The van der Waals surface area contributed by atoms with Crippen molar-refractivity contribution in [3.8, 4) is 5.75 Å². The van der Waals surface area contributed by atoms with Gasteiger partial charge < -0.3 is 19.9 Å². The van der Waals surface area contributed by atoms with Crippen LogP contribution in [-0.4, -0.2) is 46.1 Å². The second-order valence-electron chi connectivity index (χ2n) is 6.46. The maximum atomic E-state index is 14.0. The van der Waals surface area contributed by atoms with Crippen molar-refractivity contribution in [1.29, 1.82) is 0 Å². The van der Waals surface area contributed by atoms with Gasteiger partial charge in [-0.3, -0.25) is 9.36 Å². The summed E-state index contributed by atoms with van der Waals surface area (Å²) in [5.74, 6) is 0.297. The summed E-state index contributed by atoms with van der Waals surface area (Å²) in [6.07, 6.45) is -1.08. The minimum atomic E-state index is -1.42. The molecule has 2 aliphatic rings. The number of nitrogens with one attached hydrogen (secondary N) is 1. The van der Waals surface area contributed by atoms with Crippen LogP contribution in [0.2, 0.25) is 0 Å². The fourth-order valence-corrected chi connectivity index (χ4v) is 3.24. The van der Waals surface area contributed by atoms with Crippen LogP contribution < -0.4 is 15.7 Å². The van der Waals surface area contributed by atoms with Gasteiger partial charge in [0.2, 0.25) is 0 Å². The molecule has 4 rings (SSSR count).